The van der Waals surface area contributed by atoms with Crippen LogP contribution in [0.4, 0.5) is 0 Å². The first-order valence-electron chi connectivity index (χ1n) is 4.05. The standard InChI is InChI=1S/C9H15NO/c1-6(2)10-8(4)7(3)5-9(10)11/h6-7H,4-5H2,1-3H3. The number of carbonyl (C=O) groups is 1. The Morgan fingerprint density at radius 2 is 2.18 bits per heavy atom. The third-order valence-corrected chi connectivity index (χ3v) is 2.14. The molecule has 0 aromatic carbocycles. The lowest BCUT2D eigenvalue weighted by Gasteiger charge is -2.22. The highest BCUT2D eigenvalue weighted by molar-refractivity contribution is 5.82. The van der Waals surface area contributed by atoms with Crippen LogP contribution < -0.4 is 0 Å². The lowest BCUT2D eigenvalue weighted by Crippen LogP contribution is -2.30. The zero-order chi connectivity index (χ0) is 8.59. The van der Waals surface area contributed by atoms with Crippen LogP contribution in [0.5, 0.6) is 0 Å². The van der Waals surface area contributed by atoms with E-state index in [2.05, 4.69) is 6.58 Å². The van der Waals surface area contributed by atoms with Crippen molar-refractivity contribution in [2.45, 2.75) is 33.2 Å². The number of rotatable bonds is 1. The maximum atomic E-state index is 11.3. The SMILES string of the molecule is C=C1C(C)CC(=O)N1C(C)C. The molecular weight excluding hydrogens is 138 g/mol. The van der Waals surface area contributed by atoms with Gasteiger partial charge in [0.05, 0.1) is 0 Å². The third kappa shape index (κ3) is 1.30. The van der Waals surface area contributed by atoms with Crippen molar-refractivity contribution in [1.82, 2.24) is 4.90 Å². The minimum Gasteiger partial charge on any atom is -0.314 e. The number of amides is 1. The van der Waals surface area contributed by atoms with E-state index >= 15 is 0 Å². The molecule has 0 aliphatic carbocycles. The molecule has 2 nitrogen and oxygen atoms in total. The molecule has 1 aliphatic rings. The maximum Gasteiger partial charge on any atom is 0.227 e. The summed E-state index contributed by atoms with van der Waals surface area (Å²) >= 11 is 0. The summed E-state index contributed by atoms with van der Waals surface area (Å²) in [6.45, 7) is 9.97. The van der Waals surface area contributed by atoms with Crippen LogP contribution in [0.15, 0.2) is 12.3 Å². The number of carbonyl (C=O) groups excluding carboxylic acids is 1. The molecule has 62 valence electrons. The van der Waals surface area contributed by atoms with Crippen LogP contribution in [-0.2, 0) is 4.79 Å². The quantitative estimate of drug-likeness (QED) is 0.562. The third-order valence-electron chi connectivity index (χ3n) is 2.14. The second-order valence-electron chi connectivity index (χ2n) is 3.45. The first kappa shape index (κ1) is 8.31. The largest absolute Gasteiger partial charge is 0.314 e. The minimum atomic E-state index is 0.220. The predicted octanol–water partition coefficient (Wildman–Crippen LogP) is 1.78. The average Bonchev–Trinajstić information content (AvgIpc) is 2.07. The van der Waals surface area contributed by atoms with E-state index in [1.807, 2.05) is 20.8 Å². The Balaban J connectivity index is 2.80. The molecule has 0 bridgehead atoms. The summed E-state index contributed by atoms with van der Waals surface area (Å²) in [6.07, 6.45) is 0.636. The molecule has 2 heteroatoms. The van der Waals surface area contributed by atoms with Crippen LogP contribution in [0, 0.1) is 5.92 Å². The fraction of sp³-hybridized carbons (Fsp3) is 0.667. The van der Waals surface area contributed by atoms with Crippen LogP contribution in [0.1, 0.15) is 27.2 Å². The van der Waals surface area contributed by atoms with E-state index in [9.17, 15) is 4.79 Å². The van der Waals surface area contributed by atoms with Gasteiger partial charge in [-0.1, -0.05) is 13.5 Å². The van der Waals surface area contributed by atoms with E-state index in [1.54, 1.807) is 4.90 Å². The summed E-state index contributed by atoms with van der Waals surface area (Å²) in [4.78, 5) is 13.1. The molecule has 0 N–H and O–H groups in total. The summed E-state index contributed by atoms with van der Waals surface area (Å²) in [5, 5.41) is 0. The number of allylic oxidation sites excluding steroid dienone is 1. The molecule has 0 aromatic rings. The Bertz CT molecular complexity index is 196. The molecule has 0 radical (unpaired) electrons. The van der Waals surface area contributed by atoms with E-state index in [0.717, 1.165) is 5.70 Å². The van der Waals surface area contributed by atoms with Gasteiger partial charge in [-0.05, 0) is 13.8 Å². The molecule has 1 saturated heterocycles. The van der Waals surface area contributed by atoms with Crippen LogP contribution in [0.2, 0.25) is 0 Å². The Hall–Kier alpha value is -0.790. The fourth-order valence-electron chi connectivity index (χ4n) is 1.50. The van der Waals surface area contributed by atoms with Crippen LogP contribution >= 0.6 is 0 Å². The molecule has 1 amide bonds. The van der Waals surface area contributed by atoms with Crippen molar-refractivity contribution in [1.29, 1.82) is 0 Å². The van der Waals surface area contributed by atoms with Crippen molar-refractivity contribution in [3.8, 4) is 0 Å². The highest BCUT2D eigenvalue weighted by atomic mass is 16.2. The predicted molar refractivity (Wildman–Crippen MR) is 44.9 cm³/mol. The average molecular weight is 153 g/mol. The number of nitrogens with zero attached hydrogens (tertiary/aromatic N) is 1. The summed E-state index contributed by atoms with van der Waals surface area (Å²) in [6, 6.07) is 0.264. The van der Waals surface area contributed by atoms with Gasteiger partial charge in [0.25, 0.3) is 0 Å². The normalized spacial score (nSPS) is 25.5. The zero-order valence-corrected chi connectivity index (χ0v) is 7.42. The molecule has 1 atom stereocenters. The van der Waals surface area contributed by atoms with Gasteiger partial charge in [0, 0.05) is 24.1 Å². The van der Waals surface area contributed by atoms with Crippen LogP contribution in [0.25, 0.3) is 0 Å². The number of hydrogen-bond acceptors (Lipinski definition) is 1. The van der Waals surface area contributed by atoms with Crippen molar-refractivity contribution < 1.29 is 4.79 Å². The van der Waals surface area contributed by atoms with E-state index in [0.29, 0.717) is 12.3 Å². The lowest BCUT2D eigenvalue weighted by molar-refractivity contribution is -0.128. The van der Waals surface area contributed by atoms with Gasteiger partial charge in [0.2, 0.25) is 5.91 Å². The van der Waals surface area contributed by atoms with E-state index < -0.39 is 0 Å². The van der Waals surface area contributed by atoms with Crippen molar-refractivity contribution in [3.63, 3.8) is 0 Å². The van der Waals surface area contributed by atoms with Crippen LogP contribution in [-0.4, -0.2) is 16.8 Å². The highest BCUT2D eigenvalue weighted by Crippen LogP contribution is 2.28. The summed E-state index contributed by atoms with van der Waals surface area (Å²) < 4.78 is 0. The maximum absolute atomic E-state index is 11.3. The summed E-state index contributed by atoms with van der Waals surface area (Å²) in [7, 11) is 0. The minimum absolute atomic E-state index is 0.220. The van der Waals surface area contributed by atoms with Crippen molar-refractivity contribution in [2.24, 2.45) is 5.92 Å². The smallest absolute Gasteiger partial charge is 0.227 e. The van der Waals surface area contributed by atoms with Crippen molar-refractivity contribution in [3.05, 3.63) is 12.3 Å². The monoisotopic (exact) mass is 153 g/mol. The van der Waals surface area contributed by atoms with Crippen LogP contribution in [0.3, 0.4) is 0 Å². The van der Waals surface area contributed by atoms with Gasteiger partial charge in [-0.25, -0.2) is 0 Å². The van der Waals surface area contributed by atoms with Gasteiger partial charge in [-0.3, -0.25) is 4.79 Å². The Morgan fingerprint density at radius 1 is 1.64 bits per heavy atom. The Kier molecular flexibility index (Phi) is 2.03. The first-order valence-corrected chi connectivity index (χ1v) is 4.05. The van der Waals surface area contributed by atoms with Crippen molar-refractivity contribution >= 4 is 5.91 Å². The Labute approximate surface area is 67.9 Å². The van der Waals surface area contributed by atoms with Crippen molar-refractivity contribution in [2.75, 3.05) is 0 Å². The van der Waals surface area contributed by atoms with Gasteiger partial charge >= 0.3 is 0 Å². The topological polar surface area (TPSA) is 20.3 Å². The molecule has 0 spiro atoms. The molecule has 0 saturated carbocycles. The van der Waals surface area contributed by atoms with E-state index in [-0.39, 0.29) is 11.9 Å². The second kappa shape index (κ2) is 2.68. The first-order chi connectivity index (χ1) is 5.04. The summed E-state index contributed by atoms with van der Waals surface area (Å²) in [5.41, 5.74) is 0.977. The van der Waals surface area contributed by atoms with Gasteiger partial charge < -0.3 is 4.90 Å². The van der Waals surface area contributed by atoms with E-state index in [4.69, 9.17) is 0 Å². The van der Waals surface area contributed by atoms with Gasteiger partial charge in [-0.15, -0.1) is 0 Å². The molecule has 0 aromatic heterocycles. The van der Waals surface area contributed by atoms with Gasteiger partial charge in [-0.2, -0.15) is 0 Å². The molecule has 1 fully saturated rings. The zero-order valence-electron chi connectivity index (χ0n) is 7.42. The highest BCUT2D eigenvalue weighted by Gasteiger charge is 2.31. The molecule has 1 rings (SSSR count). The Morgan fingerprint density at radius 3 is 2.36 bits per heavy atom. The number of likely N-dealkylation sites (tertiary alicyclic amines) is 1. The fourth-order valence-corrected chi connectivity index (χ4v) is 1.50. The second-order valence-corrected chi connectivity index (χ2v) is 3.45. The summed E-state index contributed by atoms with van der Waals surface area (Å²) in [5.74, 6) is 0.558. The van der Waals surface area contributed by atoms with E-state index in [1.165, 1.54) is 0 Å². The van der Waals surface area contributed by atoms with Gasteiger partial charge in [0.1, 0.15) is 0 Å². The van der Waals surface area contributed by atoms with Gasteiger partial charge in [0.15, 0.2) is 0 Å². The molecule has 1 aliphatic heterocycles. The molecule has 1 unspecified atom stereocenters. The molecular formula is C9H15NO. The number of hydrogen-bond donors (Lipinski definition) is 0. The molecule has 11 heavy (non-hydrogen) atoms. The lowest BCUT2D eigenvalue weighted by atomic mass is 10.1. The molecule has 1 heterocycles.